The van der Waals surface area contributed by atoms with Gasteiger partial charge in [0.05, 0.1) is 0 Å². The van der Waals surface area contributed by atoms with Crippen molar-refractivity contribution in [3.05, 3.63) is 11.3 Å². The third-order valence-corrected chi connectivity index (χ3v) is 8.76. The first kappa shape index (κ1) is 23.5. The second-order valence-electron chi connectivity index (χ2n) is 6.63. The number of carbonyl (C=O) groups is 3. The minimum absolute atomic E-state index is 0.195. The van der Waals surface area contributed by atoms with E-state index in [9.17, 15) is 27.9 Å². The van der Waals surface area contributed by atoms with Gasteiger partial charge in [-0.2, -0.15) is 0 Å². The van der Waals surface area contributed by atoms with Gasteiger partial charge in [-0.1, -0.05) is 18.7 Å². The normalized spacial score (nSPS) is 23.4. The molecule has 0 spiro atoms. The number of amides is 2. The van der Waals surface area contributed by atoms with Gasteiger partial charge in [0.15, 0.2) is 9.84 Å². The Labute approximate surface area is 185 Å². The minimum atomic E-state index is -3.62. The van der Waals surface area contributed by atoms with Crippen LogP contribution in [0.5, 0.6) is 0 Å². The molecule has 3 heterocycles. The molecule has 1 saturated heterocycles. The first-order chi connectivity index (χ1) is 14.6. The molecular weight excluding hydrogens is 472 g/mol. The predicted octanol–water partition coefficient (Wildman–Crippen LogP) is -1.55. The van der Waals surface area contributed by atoms with Crippen LogP contribution in [0.4, 0.5) is 0 Å². The number of nitrogens with one attached hydrogen (secondary N) is 1. The number of hydrogen-bond donors (Lipinski definition) is 2. The number of fused-ring (bicyclic) bond motifs is 1. The van der Waals surface area contributed by atoms with E-state index in [0.717, 1.165) is 4.90 Å². The van der Waals surface area contributed by atoms with Gasteiger partial charge in [-0.15, -0.1) is 16.9 Å². The number of nitrogens with zero attached hydrogens (tertiary/aromatic N) is 5. The molecule has 3 rings (SSSR count). The summed E-state index contributed by atoms with van der Waals surface area (Å²) >= 11 is 2.43. The number of methoxy groups -OCH3 is 1. The lowest BCUT2D eigenvalue weighted by atomic mass is 9.98. The van der Waals surface area contributed by atoms with E-state index < -0.39 is 44.5 Å². The zero-order valence-corrected chi connectivity index (χ0v) is 19.2. The maximum Gasteiger partial charge on any atom is 0.352 e. The highest BCUT2D eigenvalue weighted by atomic mass is 32.2. The standard InChI is InChI=1S/C15H20N6O7S3/c1-4-31(26,27)7-9(22)16-15(28-3)12(25)21-10(11(23)24)8(5-29-13(15)21)6-30-14-17-18-19-20(14)2/h13H,4-7H2,1-3H3,(H,16,22)(H,23,24)/t13-,15-/m0/s1. The molecule has 2 N–H and O–H groups in total. The minimum Gasteiger partial charge on any atom is -0.477 e. The fourth-order valence-corrected chi connectivity index (χ4v) is 6.20. The van der Waals surface area contributed by atoms with Crippen LogP contribution in [0, 0.1) is 0 Å². The summed E-state index contributed by atoms with van der Waals surface area (Å²) in [6, 6.07) is 0. The van der Waals surface area contributed by atoms with Crippen molar-refractivity contribution in [2.45, 2.75) is 23.2 Å². The average molecular weight is 493 g/mol. The molecule has 0 aliphatic carbocycles. The number of hydrogen-bond acceptors (Lipinski definition) is 11. The summed E-state index contributed by atoms with van der Waals surface area (Å²) in [5.41, 5.74) is -1.54. The summed E-state index contributed by atoms with van der Waals surface area (Å²) in [6.07, 6.45) is 0. The molecule has 2 aliphatic heterocycles. The van der Waals surface area contributed by atoms with Gasteiger partial charge in [0, 0.05) is 31.4 Å². The van der Waals surface area contributed by atoms with Gasteiger partial charge < -0.3 is 15.2 Å². The summed E-state index contributed by atoms with van der Waals surface area (Å²) < 4.78 is 30.2. The van der Waals surface area contributed by atoms with E-state index >= 15 is 0 Å². The number of tetrazole rings is 1. The Morgan fingerprint density at radius 3 is 2.71 bits per heavy atom. The monoisotopic (exact) mass is 492 g/mol. The van der Waals surface area contributed by atoms with Crippen molar-refractivity contribution in [2.24, 2.45) is 7.05 Å². The van der Waals surface area contributed by atoms with E-state index in [1.807, 2.05) is 0 Å². The second kappa shape index (κ2) is 8.76. The largest absolute Gasteiger partial charge is 0.477 e. The molecule has 0 bridgehead atoms. The Morgan fingerprint density at radius 1 is 1.45 bits per heavy atom. The van der Waals surface area contributed by atoms with Crippen molar-refractivity contribution < 1.29 is 32.6 Å². The topological polar surface area (TPSA) is 174 Å². The number of β-lactam (4-membered cyclic amide) rings is 1. The lowest BCUT2D eigenvalue weighted by Gasteiger charge is -2.55. The Morgan fingerprint density at radius 2 is 2.16 bits per heavy atom. The SMILES string of the molecule is CCS(=O)(=O)CC(=O)N[C@]1(OC)C(=O)N2C(C(=O)O)=C(CSc3nnnn3C)CS[C@H]21. The number of rotatable bonds is 9. The van der Waals surface area contributed by atoms with E-state index in [1.165, 1.54) is 42.2 Å². The van der Waals surface area contributed by atoms with Crippen molar-refractivity contribution in [2.75, 3.05) is 30.1 Å². The Hall–Kier alpha value is -2.17. The number of ether oxygens (including phenoxy) is 1. The van der Waals surface area contributed by atoms with Crippen LogP contribution >= 0.6 is 23.5 Å². The van der Waals surface area contributed by atoms with Crippen molar-refractivity contribution >= 4 is 51.1 Å². The van der Waals surface area contributed by atoms with E-state index in [4.69, 9.17) is 4.74 Å². The van der Waals surface area contributed by atoms with E-state index in [-0.39, 0.29) is 23.0 Å². The molecule has 13 nitrogen and oxygen atoms in total. The Balaban J connectivity index is 1.82. The molecule has 1 fully saturated rings. The maximum atomic E-state index is 12.9. The van der Waals surface area contributed by atoms with Crippen LogP contribution in [0.3, 0.4) is 0 Å². The number of thioether (sulfide) groups is 2. The molecule has 2 atom stereocenters. The zero-order chi connectivity index (χ0) is 23.0. The van der Waals surface area contributed by atoms with Crippen molar-refractivity contribution in [1.29, 1.82) is 0 Å². The van der Waals surface area contributed by atoms with Crippen LogP contribution in [-0.2, 0) is 36.0 Å². The van der Waals surface area contributed by atoms with Crippen molar-refractivity contribution in [3.63, 3.8) is 0 Å². The highest BCUT2D eigenvalue weighted by molar-refractivity contribution is 8.01. The van der Waals surface area contributed by atoms with Crippen LogP contribution in [0.25, 0.3) is 0 Å². The van der Waals surface area contributed by atoms with Crippen LogP contribution in [-0.4, -0.2) is 97.6 Å². The van der Waals surface area contributed by atoms with Crippen LogP contribution in [0.15, 0.2) is 16.4 Å². The lowest BCUT2D eigenvalue weighted by Crippen LogP contribution is -2.81. The van der Waals surface area contributed by atoms with Crippen molar-refractivity contribution in [1.82, 2.24) is 30.4 Å². The number of aryl methyl sites for hydroxylation is 1. The number of carboxylic acid groups (broad SMARTS) is 1. The molecule has 0 saturated carbocycles. The molecule has 1 aromatic heterocycles. The van der Waals surface area contributed by atoms with Gasteiger partial charge in [-0.05, 0) is 16.0 Å². The number of aromatic nitrogens is 4. The molecule has 0 aromatic carbocycles. The van der Waals surface area contributed by atoms with Crippen LogP contribution in [0.1, 0.15) is 6.92 Å². The molecular formula is C15H20N6O7S3. The number of carbonyl (C=O) groups excluding carboxylic acids is 2. The Bertz CT molecular complexity index is 1060. The first-order valence-electron chi connectivity index (χ1n) is 8.88. The lowest BCUT2D eigenvalue weighted by molar-refractivity contribution is -0.192. The Kier molecular flexibility index (Phi) is 6.64. The van der Waals surface area contributed by atoms with E-state index in [2.05, 4.69) is 20.8 Å². The second-order valence-corrected chi connectivity index (χ2v) is 11.0. The molecule has 2 amide bonds. The van der Waals surface area contributed by atoms with Gasteiger partial charge in [-0.25, -0.2) is 17.9 Å². The average Bonchev–Trinajstić information content (AvgIpc) is 3.13. The van der Waals surface area contributed by atoms with Gasteiger partial charge in [0.2, 0.25) is 11.1 Å². The quantitative estimate of drug-likeness (QED) is 0.231. The van der Waals surface area contributed by atoms with Gasteiger partial charge in [-0.3, -0.25) is 14.5 Å². The van der Waals surface area contributed by atoms with Crippen LogP contribution < -0.4 is 5.32 Å². The summed E-state index contributed by atoms with van der Waals surface area (Å²) in [4.78, 5) is 38.2. The molecule has 0 unspecified atom stereocenters. The summed E-state index contributed by atoms with van der Waals surface area (Å²) in [7, 11) is -0.777. The van der Waals surface area contributed by atoms with Gasteiger partial charge in [0.25, 0.3) is 11.6 Å². The van der Waals surface area contributed by atoms with Crippen LogP contribution in [0.2, 0.25) is 0 Å². The molecule has 31 heavy (non-hydrogen) atoms. The zero-order valence-electron chi connectivity index (χ0n) is 16.8. The van der Waals surface area contributed by atoms with Gasteiger partial charge >= 0.3 is 5.97 Å². The molecule has 170 valence electrons. The predicted molar refractivity (Wildman–Crippen MR) is 109 cm³/mol. The summed E-state index contributed by atoms with van der Waals surface area (Å²) in [5, 5.41) is 22.8. The third-order valence-electron chi connectivity index (χ3n) is 4.71. The smallest absolute Gasteiger partial charge is 0.352 e. The molecule has 1 aromatic rings. The number of aliphatic carboxylic acids is 1. The highest BCUT2D eigenvalue weighted by Crippen LogP contribution is 2.47. The maximum absolute atomic E-state index is 12.9. The summed E-state index contributed by atoms with van der Waals surface area (Å²) in [6.45, 7) is 1.41. The fourth-order valence-electron chi connectivity index (χ4n) is 3.09. The molecule has 16 heteroatoms. The first-order valence-corrected chi connectivity index (χ1v) is 12.7. The molecule has 0 radical (unpaired) electrons. The van der Waals surface area contributed by atoms with Crippen molar-refractivity contribution in [3.8, 4) is 0 Å². The number of carboxylic acids is 1. The van der Waals surface area contributed by atoms with E-state index in [1.54, 1.807) is 7.05 Å². The highest BCUT2D eigenvalue weighted by Gasteiger charge is 2.66. The summed E-state index contributed by atoms with van der Waals surface area (Å²) in [5.74, 6) is -3.51. The van der Waals surface area contributed by atoms with E-state index in [0.29, 0.717) is 10.7 Å². The fraction of sp³-hybridized carbons (Fsp3) is 0.600. The third kappa shape index (κ3) is 4.28. The van der Waals surface area contributed by atoms with Gasteiger partial charge in [0.1, 0.15) is 16.8 Å². The molecule has 2 aliphatic rings. The number of sulfone groups is 1.